The summed E-state index contributed by atoms with van der Waals surface area (Å²) in [6.45, 7) is 14.0. The van der Waals surface area contributed by atoms with Crippen molar-refractivity contribution in [3.05, 3.63) is 128 Å². The maximum absolute atomic E-state index is 14.1. The first-order valence-corrected chi connectivity index (χ1v) is 27.5. The van der Waals surface area contributed by atoms with Gasteiger partial charge in [-0.1, -0.05) is 99.4 Å². The Balaban J connectivity index is 0.000000226. The predicted molar refractivity (Wildman–Crippen MR) is 291 cm³/mol. The van der Waals surface area contributed by atoms with E-state index >= 15 is 0 Å². The Bertz CT molecular complexity index is 2650. The minimum absolute atomic E-state index is 0.0835. The van der Waals surface area contributed by atoms with E-state index in [1.807, 2.05) is 88.4 Å². The summed E-state index contributed by atoms with van der Waals surface area (Å²) in [7, 11) is 0. The number of ether oxygens (including phenoxy) is 9. The zero-order valence-corrected chi connectivity index (χ0v) is 47.6. The molecule has 4 aromatic rings. The van der Waals surface area contributed by atoms with Crippen LogP contribution < -0.4 is 4.74 Å². The van der Waals surface area contributed by atoms with Crippen molar-refractivity contribution in [1.29, 1.82) is 0 Å². The second-order valence-electron chi connectivity index (χ2n) is 20.7. The fraction of sp³-hybridized carbons (Fsp3) is 0.533. The van der Waals surface area contributed by atoms with Gasteiger partial charge in [-0.25, -0.2) is 8.78 Å². The Labute approximate surface area is 471 Å². The van der Waals surface area contributed by atoms with Crippen molar-refractivity contribution in [2.75, 3.05) is 39.6 Å². The topological polar surface area (TPSA) is 192 Å². The highest BCUT2D eigenvalue weighted by Gasteiger charge is 2.49. The van der Waals surface area contributed by atoms with Crippen LogP contribution in [0.25, 0.3) is 0 Å². The summed E-state index contributed by atoms with van der Waals surface area (Å²) in [6.07, 6.45) is -1.43. The summed E-state index contributed by atoms with van der Waals surface area (Å²) in [4.78, 5) is 47.7. The Morgan fingerprint density at radius 1 is 0.582 bits per heavy atom. The second-order valence-corrected chi connectivity index (χ2v) is 21.6. The van der Waals surface area contributed by atoms with Gasteiger partial charge in [-0.2, -0.15) is 0 Å². The molecule has 4 aliphatic heterocycles. The van der Waals surface area contributed by atoms with Crippen molar-refractivity contribution in [2.45, 2.75) is 154 Å². The summed E-state index contributed by atoms with van der Waals surface area (Å²) in [5, 5.41) is 19.0. The molecule has 0 spiro atoms. The Kier molecular flexibility index (Phi) is 22.9. The minimum Gasteiger partial charge on any atom is -0.508 e. The van der Waals surface area contributed by atoms with Crippen molar-refractivity contribution in [1.82, 2.24) is 0 Å². The second kappa shape index (κ2) is 28.8. The van der Waals surface area contributed by atoms with Crippen molar-refractivity contribution < 1.29 is 80.8 Å². The lowest BCUT2D eigenvalue weighted by Gasteiger charge is -2.44. The number of rotatable bonds is 18. The van der Waals surface area contributed by atoms with Gasteiger partial charge in [0.1, 0.15) is 35.9 Å². The lowest BCUT2D eigenvalue weighted by molar-refractivity contribution is -0.225. The van der Waals surface area contributed by atoms with Crippen molar-refractivity contribution in [2.24, 2.45) is 11.8 Å². The zero-order chi connectivity index (χ0) is 57.6. The standard InChI is InChI=1S/C30H36ClFO7.C25H29ClO6.C5H9FO2/c1-5-26-18(2)27(37-19(3)33)29(38-20(4)34)28(39-26)22-8-11-25(31)23(15-22)14-21-6-9-24(10-7-21)36-13-12-30(32)16-35-17-30;1-5-22-14(2)23(30-15(3)27)25(31-16(4)28)24(32-22)18-8-11-21(26)19(13-18)12-17-6-9-20(29)10-7-17;6-5(1-2-7)3-8-4-5/h6-11,15,18,26-29H,5,12-14,16-17H2,1-4H3;6-11,13-14,22-25,29H,5,12H2,1-4H3;7H,1-4H2/t18-,26-,27+,28+,29-;14-,22-,23+,24+,25-;/m11./s1. The fourth-order valence-electron chi connectivity index (χ4n) is 10.1. The monoisotopic (exact) mass is 1140 g/mol. The third-order valence-corrected chi connectivity index (χ3v) is 15.1. The summed E-state index contributed by atoms with van der Waals surface area (Å²) in [6, 6.07) is 25.7. The number of aliphatic hydroxyl groups excluding tert-OH is 1. The number of hydrogen-bond acceptors (Lipinski definition) is 15. The molecule has 2 N–H and O–H groups in total. The highest BCUT2D eigenvalue weighted by atomic mass is 35.5. The molecule has 4 fully saturated rings. The van der Waals surface area contributed by atoms with Crippen LogP contribution in [0.15, 0.2) is 84.9 Å². The Morgan fingerprint density at radius 2 is 0.962 bits per heavy atom. The quantitative estimate of drug-likeness (QED) is 0.0706. The van der Waals surface area contributed by atoms with Gasteiger partial charge in [0.05, 0.1) is 45.2 Å². The van der Waals surface area contributed by atoms with Gasteiger partial charge in [-0.15, -0.1) is 0 Å². The largest absolute Gasteiger partial charge is 0.508 e. The molecule has 4 heterocycles. The van der Waals surface area contributed by atoms with E-state index in [-0.39, 0.29) is 75.9 Å². The molecular weight excluding hydrogens is 1070 g/mol. The maximum atomic E-state index is 14.1. The van der Waals surface area contributed by atoms with Crippen LogP contribution in [-0.4, -0.2) is 122 Å². The number of carbonyl (C=O) groups excluding carboxylic acids is 4. The van der Waals surface area contributed by atoms with Gasteiger partial charge in [-0.05, 0) is 95.5 Å². The molecule has 0 radical (unpaired) electrons. The van der Waals surface area contributed by atoms with Gasteiger partial charge in [0.25, 0.3) is 0 Å². The molecule has 432 valence electrons. The van der Waals surface area contributed by atoms with E-state index in [4.69, 9.17) is 66.2 Å². The number of carbonyl (C=O) groups is 4. The Morgan fingerprint density at radius 3 is 1.30 bits per heavy atom. The van der Waals surface area contributed by atoms with E-state index < -0.39 is 71.8 Å². The molecule has 79 heavy (non-hydrogen) atoms. The number of phenolic OH excluding ortho intramolecular Hbond substituents is 1. The summed E-state index contributed by atoms with van der Waals surface area (Å²) in [5.74, 6) is -1.27. The molecule has 19 heteroatoms. The molecule has 0 amide bonds. The van der Waals surface area contributed by atoms with Crippen molar-refractivity contribution in [3.8, 4) is 11.5 Å². The molecular formula is C60H74Cl2F2O15. The number of aromatic hydroxyl groups is 1. The highest BCUT2D eigenvalue weighted by molar-refractivity contribution is 6.31. The van der Waals surface area contributed by atoms with Crippen LogP contribution >= 0.6 is 23.2 Å². The average Bonchev–Trinajstić information content (AvgIpc) is 3.44. The molecule has 4 aromatic carbocycles. The normalized spacial score (nSPS) is 25.5. The molecule has 0 aliphatic carbocycles. The SMILES string of the molecule is CC[C@H]1O[C@@H](c2ccc(Cl)c(Cc3ccc(O)cc3)c2)[C@H](OC(C)=O)[C@@H](OC(C)=O)[C@@H]1C.CC[C@H]1O[C@@H](c2ccc(Cl)c(Cc3ccc(OCCC4(F)COC4)cc3)c2)[C@H](OC(C)=O)[C@@H](OC(C)=O)[C@@H]1C.OCCC1(F)COC1. The van der Waals surface area contributed by atoms with Crippen LogP contribution in [0.4, 0.5) is 8.78 Å². The molecule has 4 saturated heterocycles. The lowest BCUT2D eigenvalue weighted by atomic mass is 9.84. The molecule has 0 aromatic heterocycles. The van der Waals surface area contributed by atoms with E-state index in [1.54, 1.807) is 24.3 Å². The summed E-state index contributed by atoms with van der Waals surface area (Å²) >= 11 is 13.0. The molecule has 0 saturated carbocycles. The van der Waals surface area contributed by atoms with Gasteiger partial charge < -0.3 is 52.8 Å². The van der Waals surface area contributed by atoms with E-state index in [9.17, 15) is 33.1 Å². The molecule has 15 nitrogen and oxygen atoms in total. The average molecular weight is 1140 g/mol. The number of esters is 4. The number of phenols is 1. The van der Waals surface area contributed by atoms with E-state index in [0.717, 1.165) is 39.8 Å². The number of aliphatic hydroxyl groups is 1. The van der Waals surface area contributed by atoms with E-state index in [2.05, 4.69) is 4.74 Å². The van der Waals surface area contributed by atoms with Gasteiger partial charge in [0, 0.05) is 69.0 Å². The smallest absolute Gasteiger partial charge is 0.303 e. The van der Waals surface area contributed by atoms with Gasteiger partial charge in [-0.3, -0.25) is 19.2 Å². The van der Waals surface area contributed by atoms with Crippen molar-refractivity contribution in [3.63, 3.8) is 0 Å². The predicted octanol–water partition coefficient (Wildman–Crippen LogP) is 10.9. The van der Waals surface area contributed by atoms with E-state index in [1.165, 1.54) is 27.7 Å². The molecule has 0 unspecified atom stereocenters. The number of benzene rings is 4. The fourth-order valence-corrected chi connectivity index (χ4v) is 10.4. The summed E-state index contributed by atoms with van der Waals surface area (Å²) in [5.41, 5.74) is 2.83. The molecule has 0 bridgehead atoms. The third kappa shape index (κ3) is 17.5. The highest BCUT2D eigenvalue weighted by Crippen LogP contribution is 2.43. The number of hydrogen-bond donors (Lipinski definition) is 2. The van der Waals surface area contributed by atoms with Crippen molar-refractivity contribution >= 4 is 47.1 Å². The molecule has 10 atom stereocenters. The van der Waals surface area contributed by atoms with Crippen LogP contribution in [0.2, 0.25) is 10.0 Å². The first kappa shape index (κ1) is 62.8. The first-order valence-electron chi connectivity index (χ1n) is 26.7. The van der Waals surface area contributed by atoms with E-state index in [0.29, 0.717) is 41.5 Å². The number of alkyl halides is 2. The summed E-state index contributed by atoms with van der Waals surface area (Å²) < 4.78 is 77.3. The molecule has 8 rings (SSSR count). The Hall–Kier alpha value is -5.40. The third-order valence-electron chi connectivity index (χ3n) is 14.4. The lowest BCUT2D eigenvalue weighted by Crippen LogP contribution is -2.52. The number of halogens is 4. The van der Waals surface area contributed by atoms with Gasteiger partial charge in [0.2, 0.25) is 0 Å². The van der Waals surface area contributed by atoms with Gasteiger partial charge >= 0.3 is 23.9 Å². The van der Waals surface area contributed by atoms with Crippen LogP contribution in [-0.2, 0) is 69.9 Å². The van der Waals surface area contributed by atoms with Crippen LogP contribution in [0.5, 0.6) is 11.5 Å². The molecule has 4 aliphatic rings. The van der Waals surface area contributed by atoms with Gasteiger partial charge in [0.15, 0.2) is 23.5 Å². The van der Waals surface area contributed by atoms with Crippen LogP contribution in [0.1, 0.15) is 127 Å². The first-order chi connectivity index (χ1) is 37.5. The van der Waals surface area contributed by atoms with Crippen LogP contribution in [0, 0.1) is 11.8 Å². The minimum atomic E-state index is -1.27. The zero-order valence-electron chi connectivity index (χ0n) is 46.1. The maximum Gasteiger partial charge on any atom is 0.303 e. The van der Waals surface area contributed by atoms with Crippen LogP contribution in [0.3, 0.4) is 0 Å².